The van der Waals surface area contributed by atoms with Crippen LogP contribution in [-0.4, -0.2) is 36.9 Å². The quantitative estimate of drug-likeness (QED) is 0.404. The Morgan fingerprint density at radius 1 is 1.03 bits per heavy atom. The molecule has 8 nitrogen and oxygen atoms in total. The van der Waals surface area contributed by atoms with Crippen LogP contribution < -0.4 is 10.6 Å². The first-order valence-electron chi connectivity index (χ1n) is 10.7. The molecule has 0 aliphatic carbocycles. The van der Waals surface area contributed by atoms with Crippen LogP contribution in [0, 0.1) is 12.7 Å². The molecular weight excluding hydrogens is 433 g/mol. The van der Waals surface area contributed by atoms with Crippen molar-refractivity contribution in [3.8, 4) is 17.2 Å². The second-order valence-electron chi connectivity index (χ2n) is 7.76. The number of pyridine rings is 2. The standard InChI is InChI=1S/C25H22FN7O/c1-16-6-5-9-21(30-16)24-31-17(12-28-20-8-4-3-7-19(20)26)14-32(24)18-10-11-23-29-13-22(25(34)27-2)33(23)15-18/h3-11,13-15,28H,12H2,1-2H3,(H,27,34). The van der Waals surface area contributed by atoms with Gasteiger partial charge >= 0.3 is 0 Å². The van der Waals surface area contributed by atoms with Gasteiger partial charge in [-0.05, 0) is 43.3 Å². The van der Waals surface area contributed by atoms with Gasteiger partial charge in [-0.3, -0.25) is 13.8 Å². The number of anilines is 1. The SMILES string of the molecule is CNC(=O)c1cnc2ccc(-n3cc(CNc4ccccc4F)nc3-c3cccc(C)n3)cn12. The van der Waals surface area contributed by atoms with Crippen LogP contribution in [0.5, 0.6) is 0 Å². The van der Waals surface area contributed by atoms with Crippen molar-refractivity contribution < 1.29 is 9.18 Å². The number of amides is 1. The number of imidazole rings is 2. The molecule has 0 radical (unpaired) electrons. The second kappa shape index (κ2) is 8.78. The number of halogens is 1. The number of fused-ring (bicyclic) bond motifs is 1. The Morgan fingerprint density at radius 2 is 1.88 bits per heavy atom. The Morgan fingerprint density at radius 3 is 2.68 bits per heavy atom. The highest BCUT2D eigenvalue weighted by atomic mass is 19.1. The minimum atomic E-state index is -0.324. The lowest BCUT2D eigenvalue weighted by molar-refractivity contribution is 0.0957. The zero-order chi connectivity index (χ0) is 23.7. The van der Waals surface area contributed by atoms with E-state index in [1.165, 1.54) is 6.07 Å². The molecule has 0 aliphatic rings. The van der Waals surface area contributed by atoms with Gasteiger partial charge in [-0.15, -0.1) is 0 Å². The number of carbonyl (C=O) groups excluding carboxylic acids is 1. The maximum absolute atomic E-state index is 14.1. The Hall–Kier alpha value is -4.53. The molecule has 1 amide bonds. The summed E-state index contributed by atoms with van der Waals surface area (Å²) >= 11 is 0. The molecule has 4 heterocycles. The lowest BCUT2D eigenvalue weighted by atomic mass is 10.3. The number of nitrogens with one attached hydrogen (secondary N) is 2. The summed E-state index contributed by atoms with van der Waals surface area (Å²) in [7, 11) is 1.58. The second-order valence-corrected chi connectivity index (χ2v) is 7.76. The van der Waals surface area contributed by atoms with Gasteiger partial charge in [0.25, 0.3) is 5.91 Å². The highest BCUT2D eigenvalue weighted by Crippen LogP contribution is 2.24. The third-order valence-electron chi connectivity index (χ3n) is 5.43. The predicted octanol–water partition coefficient (Wildman–Crippen LogP) is 4.00. The summed E-state index contributed by atoms with van der Waals surface area (Å²) in [6, 6.07) is 16.0. The van der Waals surface area contributed by atoms with E-state index < -0.39 is 0 Å². The first kappa shape index (κ1) is 21.3. The molecule has 34 heavy (non-hydrogen) atoms. The average molecular weight is 455 g/mol. The average Bonchev–Trinajstić information content (AvgIpc) is 3.47. The fourth-order valence-electron chi connectivity index (χ4n) is 3.76. The van der Waals surface area contributed by atoms with Crippen LogP contribution in [0.1, 0.15) is 21.9 Å². The van der Waals surface area contributed by atoms with E-state index >= 15 is 0 Å². The molecule has 1 aromatic carbocycles. The Labute approximate surface area is 195 Å². The molecule has 4 aromatic heterocycles. The highest BCUT2D eigenvalue weighted by Gasteiger charge is 2.16. The van der Waals surface area contributed by atoms with E-state index in [1.54, 1.807) is 35.8 Å². The molecule has 0 atom stereocenters. The highest BCUT2D eigenvalue weighted by molar-refractivity contribution is 5.93. The van der Waals surface area contributed by atoms with Crippen LogP contribution in [0.2, 0.25) is 0 Å². The summed E-state index contributed by atoms with van der Waals surface area (Å²) in [5.41, 5.74) is 4.54. The molecule has 0 saturated carbocycles. The van der Waals surface area contributed by atoms with Gasteiger partial charge in [0, 0.05) is 25.1 Å². The lowest BCUT2D eigenvalue weighted by Gasteiger charge is -2.09. The van der Waals surface area contributed by atoms with Gasteiger partial charge in [0.2, 0.25) is 0 Å². The number of benzene rings is 1. The predicted molar refractivity (Wildman–Crippen MR) is 127 cm³/mol. The van der Waals surface area contributed by atoms with Crippen LogP contribution in [0.4, 0.5) is 10.1 Å². The van der Waals surface area contributed by atoms with Gasteiger partial charge in [0.15, 0.2) is 5.82 Å². The van der Waals surface area contributed by atoms with Crippen LogP contribution in [-0.2, 0) is 6.54 Å². The van der Waals surface area contributed by atoms with Crippen molar-refractivity contribution in [1.82, 2.24) is 29.2 Å². The monoisotopic (exact) mass is 455 g/mol. The lowest BCUT2D eigenvalue weighted by Crippen LogP contribution is -2.19. The Bertz CT molecular complexity index is 1500. The molecule has 0 aliphatic heterocycles. The molecular formula is C25H22FN7O. The summed E-state index contributed by atoms with van der Waals surface area (Å²) in [5, 5.41) is 5.74. The van der Waals surface area contributed by atoms with E-state index in [-0.39, 0.29) is 11.7 Å². The summed E-state index contributed by atoms with van der Waals surface area (Å²) in [6.07, 6.45) is 5.26. The van der Waals surface area contributed by atoms with Crippen molar-refractivity contribution in [2.75, 3.05) is 12.4 Å². The van der Waals surface area contributed by atoms with Gasteiger partial charge in [-0.2, -0.15) is 0 Å². The maximum Gasteiger partial charge on any atom is 0.269 e. The molecule has 5 rings (SSSR count). The van der Waals surface area contributed by atoms with Gasteiger partial charge in [0.05, 0.1) is 29.8 Å². The summed E-state index contributed by atoms with van der Waals surface area (Å²) in [4.78, 5) is 26.0. The largest absolute Gasteiger partial charge is 0.377 e. The summed E-state index contributed by atoms with van der Waals surface area (Å²) < 4.78 is 17.7. The van der Waals surface area contributed by atoms with Gasteiger partial charge in [-0.1, -0.05) is 18.2 Å². The fraction of sp³-hybridized carbons (Fsp3) is 0.120. The minimum absolute atomic E-state index is 0.231. The molecule has 0 unspecified atom stereocenters. The molecule has 0 bridgehead atoms. The zero-order valence-electron chi connectivity index (χ0n) is 18.7. The van der Waals surface area contributed by atoms with Gasteiger partial charge < -0.3 is 10.6 Å². The number of hydrogen-bond acceptors (Lipinski definition) is 5. The number of aryl methyl sites for hydroxylation is 1. The van der Waals surface area contributed by atoms with E-state index in [0.29, 0.717) is 40.8 Å². The minimum Gasteiger partial charge on any atom is -0.377 e. The Kier molecular flexibility index (Phi) is 5.51. The number of hydrogen-bond donors (Lipinski definition) is 2. The number of para-hydroxylation sites is 1. The maximum atomic E-state index is 14.1. The van der Waals surface area contributed by atoms with Crippen molar-refractivity contribution in [2.24, 2.45) is 0 Å². The van der Waals surface area contributed by atoms with Crippen LogP contribution in [0.15, 0.2) is 73.2 Å². The van der Waals surface area contributed by atoms with E-state index in [9.17, 15) is 9.18 Å². The van der Waals surface area contributed by atoms with Crippen molar-refractivity contribution in [3.05, 3.63) is 96.1 Å². The molecule has 170 valence electrons. The Balaban J connectivity index is 1.59. The number of nitrogens with zero attached hydrogens (tertiary/aromatic N) is 5. The molecule has 9 heteroatoms. The van der Waals surface area contributed by atoms with Gasteiger partial charge in [-0.25, -0.2) is 19.3 Å². The van der Waals surface area contributed by atoms with Crippen LogP contribution in [0.3, 0.4) is 0 Å². The van der Waals surface area contributed by atoms with E-state index in [1.807, 2.05) is 54.2 Å². The van der Waals surface area contributed by atoms with Crippen molar-refractivity contribution in [3.63, 3.8) is 0 Å². The first-order chi connectivity index (χ1) is 16.5. The number of rotatable bonds is 6. The third kappa shape index (κ3) is 3.99. The molecule has 0 saturated heterocycles. The normalized spacial score (nSPS) is 11.0. The summed E-state index contributed by atoms with van der Waals surface area (Å²) in [6.45, 7) is 2.24. The molecule has 2 N–H and O–H groups in total. The number of aromatic nitrogens is 5. The zero-order valence-corrected chi connectivity index (χ0v) is 18.7. The molecule has 0 spiro atoms. The first-order valence-corrected chi connectivity index (χ1v) is 10.7. The summed E-state index contributed by atoms with van der Waals surface area (Å²) in [5.74, 6) is 0.0791. The van der Waals surface area contributed by atoms with Crippen molar-refractivity contribution in [2.45, 2.75) is 13.5 Å². The molecule has 0 fully saturated rings. The van der Waals surface area contributed by atoms with E-state index in [2.05, 4.69) is 20.6 Å². The van der Waals surface area contributed by atoms with Crippen LogP contribution >= 0.6 is 0 Å². The van der Waals surface area contributed by atoms with E-state index in [0.717, 1.165) is 11.4 Å². The topological polar surface area (TPSA) is 89.1 Å². The third-order valence-corrected chi connectivity index (χ3v) is 5.43. The molecule has 5 aromatic rings. The van der Waals surface area contributed by atoms with E-state index in [4.69, 9.17) is 4.98 Å². The van der Waals surface area contributed by atoms with Crippen molar-refractivity contribution >= 4 is 17.2 Å². The van der Waals surface area contributed by atoms with Crippen LogP contribution in [0.25, 0.3) is 22.9 Å². The number of carbonyl (C=O) groups is 1. The fourth-order valence-corrected chi connectivity index (χ4v) is 3.76. The van der Waals surface area contributed by atoms with Gasteiger partial charge in [0.1, 0.15) is 22.9 Å². The smallest absolute Gasteiger partial charge is 0.269 e. The van der Waals surface area contributed by atoms with Crippen molar-refractivity contribution in [1.29, 1.82) is 0 Å².